The zero-order valence-corrected chi connectivity index (χ0v) is 9.00. The first-order valence-electron chi connectivity index (χ1n) is 4.37. The van der Waals surface area contributed by atoms with Gasteiger partial charge in [-0.15, -0.1) is 0 Å². The maximum atomic E-state index is 10.4. The highest BCUT2D eigenvalue weighted by molar-refractivity contribution is 8.29. The average molecular weight is 207 g/mol. The van der Waals surface area contributed by atoms with Crippen LogP contribution in [0.5, 0.6) is 0 Å². The maximum Gasteiger partial charge on any atom is 0.217 e. The number of carbonyl (C=O) groups is 1. The first-order chi connectivity index (χ1) is 5.79. The van der Waals surface area contributed by atoms with Crippen LogP contribution in [0.3, 0.4) is 0 Å². The van der Waals surface area contributed by atoms with Gasteiger partial charge in [-0.05, 0) is 24.3 Å². The van der Waals surface area contributed by atoms with E-state index in [1.807, 2.05) is 0 Å². The molecule has 1 amide bonds. The zero-order valence-electron chi connectivity index (χ0n) is 7.29. The highest BCUT2D eigenvalue weighted by Gasteiger charge is 2.10. The molecule has 0 aromatic rings. The van der Waals surface area contributed by atoms with Gasteiger partial charge in [-0.2, -0.15) is 11.8 Å². The molecule has 0 bridgehead atoms. The van der Waals surface area contributed by atoms with E-state index in [0.29, 0.717) is 17.3 Å². The van der Waals surface area contributed by atoms with E-state index in [9.17, 15) is 4.79 Å². The van der Waals surface area contributed by atoms with Crippen molar-refractivity contribution in [2.75, 3.05) is 22.3 Å². The summed E-state index contributed by atoms with van der Waals surface area (Å²) in [6.45, 7) is 0. The van der Waals surface area contributed by atoms with E-state index in [4.69, 9.17) is 5.73 Å². The summed E-state index contributed by atoms with van der Waals surface area (Å²) >= 11 is 2.08. The standard InChI is InChI=1S/C8H17NOS2/c9-8(10)3-1-2-5-12-6-4-11-7-12/h12H,1-7H2,(H2,9,10). The molecule has 1 aliphatic rings. The van der Waals surface area contributed by atoms with Crippen LogP contribution in [0.15, 0.2) is 0 Å². The molecule has 0 aliphatic carbocycles. The number of nitrogens with two attached hydrogens (primary N) is 1. The predicted octanol–water partition coefficient (Wildman–Crippen LogP) is 1.35. The minimum Gasteiger partial charge on any atom is -0.370 e. The van der Waals surface area contributed by atoms with Gasteiger partial charge >= 0.3 is 0 Å². The van der Waals surface area contributed by atoms with E-state index in [1.165, 1.54) is 28.8 Å². The first kappa shape index (κ1) is 10.3. The van der Waals surface area contributed by atoms with Crippen LogP contribution in [-0.4, -0.2) is 28.3 Å². The minimum atomic E-state index is -0.149. The van der Waals surface area contributed by atoms with Crippen molar-refractivity contribution in [3.63, 3.8) is 0 Å². The van der Waals surface area contributed by atoms with E-state index < -0.39 is 0 Å². The third kappa shape index (κ3) is 4.26. The molecule has 12 heavy (non-hydrogen) atoms. The number of thioether (sulfide) groups is 1. The molecule has 2 nitrogen and oxygen atoms in total. The normalized spacial score (nSPS) is 25.8. The summed E-state index contributed by atoms with van der Waals surface area (Å²) in [6.07, 6.45) is 2.78. The van der Waals surface area contributed by atoms with E-state index in [0.717, 1.165) is 6.42 Å². The number of hydrogen-bond acceptors (Lipinski definition) is 2. The molecule has 0 radical (unpaired) electrons. The fraction of sp³-hybridized carbons (Fsp3) is 0.875. The Kier molecular flexibility index (Phi) is 4.92. The lowest BCUT2D eigenvalue weighted by molar-refractivity contribution is -0.118. The number of amides is 1. The molecule has 72 valence electrons. The van der Waals surface area contributed by atoms with Crippen molar-refractivity contribution in [3.8, 4) is 0 Å². The summed E-state index contributed by atoms with van der Waals surface area (Å²) in [6, 6.07) is 0. The molecule has 0 aromatic heterocycles. The molecule has 1 heterocycles. The molecule has 4 heteroatoms. The number of carbonyl (C=O) groups excluding carboxylic acids is 1. The van der Waals surface area contributed by atoms with E-state index in [-0.39, 0.29) is 5.91 Å². The van der Waals surface area contributed by atoms with Gasteiger partial charge in [-0.25, -0.2) is 10.9 Å². The fourth-order valence-corrected chi connectivity index (χ4v) is 6.29. The Bertz CT molecular complexity index is 146. The Morgan fingerprint density at radius 2 is 2.33 bits per heavy atom. The van der Waals surface area contributed by atoms with Crippen LogP contribution in [0.2, 0.25) is 0 Å². The third-order valence-electron chi connectivity index (χ3n) is 1.97. The maximum absolute atomic E-state index is 10.4. The lowest BCUT2D eigenvalue weighted by atomic mass is 10.2. The Balaban J connectivity index is 1.91. The van der Waals surface area contributed by atoms with Crippen LogP contribution in [-0.2, 0) is 4.79 Å². The summed E-state index contributed by atoms with van der Waals surface area (Å²) in [5.41, 5.74) is 5.05. The highest BCUT2D eigenvalue weighted by atomic mass is 32.2. The van der Waals surface area contributed by atoms with Crippen LogP contribution in [0.1, 0.15) is 19.3 Å². The van der Waals surface area contributed by atoms with Crippen LogP contribution in [0.25, 0.3) is 0 Å². The molecular formula is C8H17NOS2. The summed E-state index contributed by atoms with van der Waals surface area (Å²) in [5, 5.41) is 1.39. The summed E-state index contributed by atoms with van der Waals surface area (Å²) in [4.78, 5) is 10.4. The Morgan fingerprint density at radius 1 is 1.50 bits per heavy atom. The molecule has 0 saturated carbocycles. The van der Waals surface area contributed by atoms with E-state index in [2.05, 4.69) is 11.8 Å². The molecule has 2 N–H and O–H groups in total. The van der Waals surface area contributed by atoms with Gasteiger partial charge in [0.05, 0.1) is 0 Å². The molecule has 1 fully saturated rings. The molecular weight excluding hydrogens is 190 g/mol. The summed E-state index contributed by atoms with van der Waals surface area (Å²) in [5.74, 6) is 4.01. The molecule has 1 rings (SSSR count). The number of primary amides is 1. The van der Waals surface area contributed by atoms with Crippen molar-refractivity contribution in [1.29, 1.82) is 0 Å². The van der Waals surface area contributed by atoms with Gasteiger partial charge in [0.1, 0.15) is 0 Å². The second-order valence-corrected chi connectivity index (χ2v) is 7.16. The van der Waals surface area contributed by atoms with Crippen LogP contribution >= 0.6 is 22.7 Å². The van der Waals surface area contributed by atoms with Crippen molar-refractivity contribution in [1.82, 2.24) is 0 Å². The largest absolute Gasteiger partial charge is 0.370 e. The topological polar surface area (TPSA) is 43.1 Å². The SMILES string of the molecule is NC(=O)CCCC[SH]1CCSC1. The zero-order chi connectivity index (χ0) is 8.81. The van der Waals surface area contributed by atoms with Gasteiger partial charge in [-0.3, -0.25) is 4.79 Å². The number of rotatable bonds is 5. The third-order valence-corrected chi connectivity index (χ3v) is 6.76. The Labute approximate surface area is 81.0 Å². The van der Waals surface area contributed by atoms with Gasteiger partial charge in [-0.1, -0.05) is 0 Å². The molecule has 1 aliphatic heterocycles. The number of thiol groups is 1. The van der Waals surface area contributed by atoms with Gasteiger partial charge in [0.15, 0.2) is 0 Å². The smallest absolute Gasteiger partial charge is 0.217 e. The predicted molar refractivity (Wildman–Crippen MR) is 59.1 cm³/mol. The quantitative estimate of drug-likeness (QED) is 0.528. The van der Waals surface area contributed by atoms with Crippen LogP contribution in [0, 0.1) is 0 Å². The molecule has 0 aromatic carbocycles. The lowest BCUT2D eigenvalue weighted by Crippen LogP contribution is -2.09. The average Bonchev–Trinajstić information content (AvgIpc) is 2.49. The fourth-order valence-electron chi connectivity index (χ4n) is 1.26. The van der Waals surface area contributed by atoms with Crippen LogP contribution < -0.4 is 5.73 Å². The summed E-state index contributed by atoms with van der Waals surface area (Å²) in [7, 11) is 0.335. The van der Waals surface area contributed by atoms with Crippen molar-refractivity contribution in [2.45, 2.75) is 19.3 Å². The molecule has 1 unspecified atom stereocenters. The minimum absolute atomic E-state index is 0.149. The van der Waals surface area contributed by atoms with Crippen molar-refractivity contribution >= 4 is 28.6 Å². The monoisotopic (exact) mass is 207 g/mol. The van der Waals surface area contributed by atoms with Gasteiger partial charge in [0, 0.05) is 17.3 Å². The molecule has 0 spiro atoms. The van der Waals surface area contributed by atoms with E-state index in [1.54, 1.807) is 0 Å². The summed E-state index contributed by atoms with van der Waals surface area (Å²) < 4.78 is 0. The van der Waals surface area contributed by atoms with E-state index >= 15 is 0 Å². The van der Waals surface area contributed by atoms with Gasteiger partial charge < -0.3 is 5.73 Å². The second kappa shape index (κ2) is 5.75. The number of unbranched alkanes of at least 4 members (excludes halogenated alkanes) is 1. The molecule has 1 saturated heterocycles. The van der Waals surface area contributed by atoms with Crippen molar-refractivity contribution < 1.29 is 4.79 Å². The number of hydrogen-bond donors (Lipinski definition) is 2. The van der Waals surface area contributed by atoms with Gasteiger partial charge in [0.25, 0.3) is 0 Å². The Hall–Kier alpha value is 0.170. The Morgan fingerprint density at radius 3 is 2.92 bits per heavy atom. The lowest BCUT2D eigenvalue weighted by Gasteiger charge is -2.11. The van der Waals surface area contributed by atoms with Gasteiger partial charge in [0.2, 0.25) is 5.91 Å². The van der Waals surface area contributed by atoms with Crippen molar-refractivity contribution in [2.24, 2.45) is 5.73 Å². The highest BCUT2D eigenvalue weighted by Crippen LogP contribution is 2.37. The first-order valence-corrected chi connectivity index (χ1v) is 7.42. The molecule has 1 atom stereocenters. The second-order valence-electron chi connectivity index (χ2n) is 3.08. The van der Waals surface area contributed by atoms with Crippen molar-refractivity contribution in [3.05, 3.63) is 0 Å². The van der Waals surface area contributed by atoms with Crippen LogP contribution in [0.4, 0.5) is 0 Å².